The molecule has 136 valence electrons. The highest BCUT2D eigenvalue weighted by molar-refractivity contribution is 5.53. The van der Waals surface area contributed by atoms with E-state index in [2.05, 4.69) is 58.5 Å². The van der Waals surface area contributed by atoms with Gasteiger partial charge in [0.1, 0.15) is 11.5 Å². The number of H-pyrrole nitrogens is 1. The van der Waals surface area contributed by atoms with Crippen molar-refractivity contribution in [1.82, 2.24) is 9.38 Å². The SMILES string of the molecule is C#CC(c1cn2ccc(C)c2[nH]1)c1cccc(F)c1C(C)(C)C(C)(C)C. The number of halogens is 1. The van der Waals surface area contributed by atoms with Gasteiger partial charge in [0.2, 0.25) is 0 Å². The minimum atomic E-state index is -0.382. The van der Waals surface area contributed by atoms with Crippen molar-refractivity contribution in [3.8, 4) is 12.3 Å². The summed E-state index contributed by atoms with van der Waals surface area (Å²) in [5.41, 5.74) is 4.13. The number of hydrogen-bond acceptors (Lipinski definition) is 0. The zero-order valence-electron chi connectivity index (χ0n) is 16.4. The lowest BCUT2D eigenvalue weighted by molar-refractivity contribution is 0.217. The standard InChI is InChI=1S/C23H27FN2/c1-8-16(19-14-26-13-12-15(2)21(26)25-19)17-10-9-11-18(24)20(17)23(6,7)22(3,4)5/h1,9-14,16,25H,2-7H3. The van der Waals surface area contributed by atoms with Gasteiger partial charge in [-0.1, -0.05) is 52.7 Å². The quantitative estimate of drug-likeness (QED) is 0.576. The molecule has 2 nitrogen and oxygen atoms in total. The van der Waals surface area contributed by atoms with Crippen LogP contribution in [0.15, 0.2) is 36.7 Å². The number of rotatable bonds is 3. The van der Waals surface area contributed by atoms with Gasteiger partial charge in [0.15, 0.2) is 0 Å². The molecule has 2 aromatic heterocycles. The van der Waals surface area contributed by atoms with Crippen molar-refractivity contribution in [3.63, 3.8) is 0 Å². The second-order valence-electron chi connectivity index (χ2n) is 8.64. The van der Waals surface area contributed by atoms with E-state index in [0.717, 1.165) is 22.5 Å². The fourth-order valence-electron chi connectivity index (χ4n) is 3.45. The van der Waals surface area contributed by atoms with Crippen molar-refractivity contribution in [2.75, 3.05) is 0 Å². The molecule has 1 atom stereocenters. The van der Waals surface area contributed by atoms with Crippen molar-refractivity contribution >= 4 is 5.65 Å². The van der Waals surface area contributed by atoms with Gasteiger partial charge in [0.25, 0.3) is 0 Å². The van der Waals surface area contributed by atoms with Crippen LogP contribution >= 0.6 is 0 Å². The lowest BCUT2D eigenvalue weighted by Crippen LogP contribution is -2.36. The maximum Gasteiger partial charge on any atom is 0.127 e. The van der Waals surface area contributed by atoms with E-state index < -0.39 is 0 Å². The number of benzene rings is 1. The molecule has 0 aliphatic carbocycles. The van der Waals surface area contributed by atoms with Crippen LogP contribution in [0, 0.1) is 30.5 Å². The van der Waals surface area contributed by atoms with Crippen molar-refractivity contribution in [2.45, 2.75) is 52.9 Å². The Balaban J connectivity index is 2.22. The smallest absolute Gasteiger partial charge is 0.127 e. The first-order chi connectivity index (χ1) is 12.1. The van der Waals surface area contributed by atoms with E-state index in [4.69, 9.17) is 6.42 Å². The van der Waals surface area contributed by atoms with Crippen LogP contribution in [0.4, 0.5) is 4.39 Å². The zero-order chi connectivity index (χ0) is 19.3. The third-order valence-electron chi connectivity index (χ3n) is 5.99. The summed E-state index contributed by atoms with van der Waals surface area (Å²) in [6.07, 6.45) is 9.94. The van der Waals surface area contributed by atoms with Crippen LogP contribution in [0.5, 0.6) is 0 Å². The first-order valence-electron chi connectivity index (χ1n) is 8.99. The molecular formula is C23H27FN2. The van der Waals surface area contributed by atoms with Crippen LogP contribution in [0.25, 0.3) is 5.65 Å². The molecule has 0 saturated carbocycles. The topological polar surface area (TPSA) is 20.2 Å². The molecule has 0 aliphatic heterocycles. The number of nitrogens with zero attached hydrogens (tertiary/aromatic N) is 1. The molecule has 1 aromatic carbocycles. The highest BCUT2D eigenvalue weighted by atomic mass is 19.1. The van der Waals surface area contributed by atoms with E-state index in [1.807, 2.05) is 22.9 Å². The van der Waals surface area contributed by atoms with Gasteiger partial charge in [-0.2, -0.15) is 0 Å². The molecule has 2 heterocycles. The van der Waals surface area contributed by atoms with Crippen LogP contribution < -0.4 is 0 Å². The number of aryl methyl sites for hydroxylation is 1. The summed E-state index contributed by atoms with van der Waals surface area (Å²) in [6.45, 7) is 12.6. The van der Waals surface area contributed by atoms with Gasteiger partial charge in [-0.05, 0) is 46.6 Å². The zero-order valence-corrected chi connectivity index (χ0v) is 16.4. The summed E-state index contributed by atoms with van der Waals surface area (Å²) < 4.78 is 17.0. The monoisotopic (exact) mass is 350 g/mol. The Morgan fingerprint density at radius 2 is 1.85 bits per heavy atom. The van der Waals surface area contributed by atoms with Crippen LogP contribution in [-0.4, -0.2) is 9.38 Å². The Hall–Kier alpha value is -2.47. The highest BCUT2D eigenvalue weighted by Gasteiger charge is 2.39. The molecule has 1 unspecified atom stereocenters. The second kappa shape index (κ2) is 6.06. The second-order valence-corrected chi connectivity index (χ2v) is 8.64. The molecule has 3 rings (SSSR count). The number of terminal acetylenes is 1. The Morgan fingerprint density at radius 3 is 2.42 bits per heavy atom. The highest BCUT2D eigenvalue weighted by Crippen LogP contribution is 2.45. The molecule has 0 fully saturated rings. The van der Waals surface area contributed by atoms with E-state index >= 15 is 4.39 Å². The summed E-state index contributed by atoms with van der Waals surface area (Å²) in [4.78, 5) is 3.43. The number of aromatic nitrogens is 2. The number of imidazole rings is 1. The van der Waals surface area contributed by atoms with E-state index in [1.165, 1.54) is 6.07 Å². The lowest BCUT2D eigenvalue weighted by atomic mass is 9.63. The molecule has 1 N–H and O–H groups in total. The average molecular weight is 350 g/mol. The predicted octanol–water partition coefficient (Wildman–Crippen LogP) is 5.80. The Bertz CT molecular complexity index is 990. The van der Waals surface area contributed by atoms with E-state index in [9.17, 15) is 0 Å². The summed E-state index contributed by atoms with van der Waals surface area (Å²) in [7, 11) is 0. The summed E-state index contributed by atoms with van der Waals surface area (Å²) >= 11 is 0. The number of fused-ring (bicyclic) bond motifs is 1. The van der Waals surface area contributed by atoms with Crippen LogP contribution in [0.2, 0.25) is 0 Å². The predicted molar refractivity (Wildman–Crippen MR) is 106 cm³/mol. The van der Waals surface area contributed by atoms with Crippen molar-refractivity contribution in [1.29, 1.82) is 0 Å². The van der Waals surface area contributed by atoms with Gasteiger partial charge in [-0.25, -0.2) is 4.39 Å². The Morgan fingerprint density at radius 1 is 1.15 bits per heavy atom. The van der Waals surface area contributed by atoms with Crippen molar-refractivity contribution in [2.24, 2.45) is 5.41 Å². The maximum atomic E-state index is 15.0. The first kappa shape index (κ1) is 18.3. The minimum absolute atomic E-state index is 0.123. The summed E-state index contributed by atoms with van der Waals surface area (Å²) in [6, 6.07) is 7.29. The van der Waals surface area contributed by atoms with Crippen molar-refractivity contribution < 1.29 is 4.39 Å². The molecule has 0 radical (unpaired) electrons. The van der Waals surface area contributed by atoms with Crippen molar-refractivity contribution in [3.05, 3.63) is 64.9 Å². The van der Waals surface area contributed by atoms with Gasteiger partial charge in [0.05, 0.1) is 11.6 Å². The summed E-state index contributed by atoms with van der Waals surface area (Å²) in [5, 5.41) is 0. The van der Waals surface area contributed by atoms with Crippen LogP contribution in [-0.2, 0) is 5.41 Å². The number of nitrogens with one attached hydrogen (secondary N) is 1. The minimum Gasteiger partial charge on any atom is -0.342 e. The largest absolute Gasteiger partial charge is 0.342 e. The normalized spacial score (nSPS) is 13.8. The molecule has 0 amide bonds. The summed E-state index contributed by atoms with van der Waals surface area (Å²) in [5.74, 6) is 2.36. The third-order valence-corrected chi connectivity index (χ3v) is 5.99. The Labute approximate surface area is 155 Å². The third kappa shape index (κ3) is 2.74. The van der Waals surface area contributed by atoms with Gasteiger partial charge in [-0.3, -0.25) is 0 Å². The Kier molecular flexibility index (Phi) is 4.27. The molecule has 3 aromatic rings. The number of hydrogen-bond donors (Lipinski definition) is 1. The van der Waals surface area contributed by atoms with Gasteiger partial charge in [0, 0.05) is 12.4 Å². The van der Waals surface area contributed by atoms with E-state index in [-0.39, 0.29) is 22.6 Å². The molecule has 26 heavy (non-hydrogen) atoms. The molecule has 0 aliphatic rings. The molecular weight excluding hydrogens is 323 g/mol. The molecule has 0 saturated heterocycles. The lowest BCUT2D eigenvalue weighted by Gasteiger charge is -2.41. The van der Waals surface area contributed by atoms with Crippen LogP contribution in [0.1, 0.15) is 62.9 Å². The molecule has 3 heteroatoms. The fourth-order valence-corrected chi connectivity index (χ4v) is 3.45. The first-order valence-corrected chi connectivity index (χ1v) is 8.99. The molecule has 0 spiro atoms. The molecule has 0 bridgehead atoms. The van der Waals surface area contributed by atoms with Gasteiger partial charge >= 0.3 is 0 Å². The van der Waals surface area contributed by atoms with E-state index in [1.54, 1.807) is 6.07 Å². The fraction of sp³-hybridized carbons (Fsp3) is 0.391. The number of aromatic amines is 1. The van der Waals surface area contributed by atoms with Gasteiger partial charge < -0.3 is 9.38 Å². The van der Waals surface area contributed by atoms with E-state index in [0.29, 0.717) is 5.56 Å². The average Bonchev–Trinajstić information content (AvgIpc) is 3.09. The van der Waals surface area contributed by atoms with Gasteiger partial charge in [-0.15, -0.1) is 6.42 Å². The van der Waals surface area contributed by atoms with Crippen LogP contribution in [0.3, 0.4) is 0 Å². The maximum absolute atomic E-state index is 15.0.